The van der Waals surface area contributed by atoms with E-state index < -0.39 is 0 Å². The summed E-state index contributed by atoms with van der Waals surface area (Å²) < 4.78 is 0. The van der Waals surface area contributed by atoms with E-state index >= 15 is 0 Å². The van der Waals surface area contributed by atoms with E-state index in [4.69, 9.17) is 0 Å². The van der Waals surface area contributed by atoms with Gasteiger partial charge in [-0.3, -0.25) is 0 Å². The smallest absolute Gasteiger partial charge is 0.00231 e. The molecule has 4 atom stereocenters. The summed E-state index contributed by atoms with van der Waals surface area (Å²) in [7, 11) is 0. The third-order valence-corrected chi connectivity index (χ3v) is 4.51. The van der Waals surface area contributed by atoms with Gasteiger partial charge in [0.1, 0.15) is 0 Å². The molecule has 2 aliphatic carbocycles. The maximum atomic E-state index is 3.55. The van der Waals surface area contributed by atoms with Gasteiger partial charge in [-0.1, -0.05) is 20.3 Å². The van der Waals surface area contributed by atoms with Gasteiger partial charge in [-0.25, -0.2) is 0 Å². The molecule has 1 nitrogen and oxygen atoms in total. The van der Waals surface area contributed by atoms with Gasteiger partial charge in [-0.2, -0.15) is 0 Å². The van der Waals surface area contributed by atoms with Crippen LogP contribution in [-0.4, -0.2) is 13.1 Å². The number of hydrogen-bond acceptors (Lipinski definition) is 1. The van der Waals surface area contributed by atoms with Crippen molar-refractivity contribution in [2.75, 3.05) is 13.1 Å². The molecule has 0 amide bonds. The van der Waals surface area contributed by atoms with Crippen LogP contribution in [0, 0.1) is 23.7 Å². The molecular weight excluding hydrogens is 182 g/mol. The van der Waals surface area contributed by atoms with Crippen LogP contribution in [0.5, 0.6) is 0 Å². The van der Waals surface area contributed by atoms with Gasteiger partial charge in [0, 0.05) is 0 Å². The second-order valence-electron chi connectivity index (χ2n) is 5.98. The zero-order chi connectivity index (χ0) is 10.7. The first-order valence-corrected chi connectivity index (χ1v) is 7.00. The molecule has 4 unspecified atom stereocenters. The van der Waals surface area contributed by atoms with Crippen molar-refractivity contribution in [2.45, 2.75) is 52.4 Å². The molecule has 0 aromatic carbocycles. The third-order valence-electron chi connectivity index (χ3n) is 4.51. The Balaban J connectivity index is 1.64. The molecule has 0 heterocycles. The Labute approximate surface area is 95.0 Å². The van der Waals surface area contributed by atoms with Gasteiger partial charge in [0.15, 0.2) is 0 Å². The van der Waals surface area contributed by atoms with E-state index in [1.54, 1.807) is 25.7 Å². The fraction of sp³-hybridized carbons (Fsp3) is 1.00. The van der Waals surface area contributed by atoms with Gasteiger partial charge in [0.2, 0.25) is 0 Å². The molecule has 1 heteroatoms. The molecular formula is C14H27N. The lowest BCUT2D eigenvalue weighted by Gasteiger charge is -2.24. The van der Waals surface area contributed by atoms with Gasteiger partial charge in [0.25, 0.3) is 0 Å². The molecule has 0 spiro atoms. The van der Waals surface area contributed by atoms with Crippen molar-refractivity contribution in [2.24, 2.45) is 23.7 Å². The Morgan fingerprint density at radius 2 is 2.13 bits per heavy atom. The molecule has 0 aliphatic heterocycles. The largest absolute Gasteiger partial charge is 0.316 e. The van der Waals surface area contributed by atoms with E-state index in [-0.39, 0.29) is 0 Å². The first-order chi connectivity index (χ1) is 7.29. The van der Waals surface area contributed by atoms with Crippen LogP contribution in [0.4, 0.5) is 0 Å². The summed E-state index contributed by atoms with van der Waals surface area (Å²) in [5, 5.41) is 3.55. The minimum atomic E-state index is 0.890. The first kappa shape index (κ1) is 11.4. The summed E-state index contributed by atoms with van der Waals surface area (Å²) in [4.78, 5) is 0. The lowest BCUT2D eigenvalue weighted by Crippen LogP contribution is -2.24. The topological polar surface area (TPSA) is 12.0 Å². The second kappa shape index (κ2) is 5.34. The summed E-state index contributed by atoms with van der Waals surface area (Å²) in [6, 6.07) is 0. The molecule has 0 radical (unpaired) electrons. The van der Waals surface area contributed by atoms with Crippen LogP contribution in [0.15, 0.2) is 0 Å². The molecule has 2 bridgehead atoms. The summed E-state index contributed by atoms with van der Waals surface area (Å²) in [6.45, 7) is 7.10. The molecule has 2 rings (SSSR count). The summed E-state index contributed by atoms with van der Waals surface area (Å²) >= 11 is 0. The van der Waals surface area contributed by atoms with E-state index in [0.29, 0.717) is 0 Å². The standard InChI is InChI=1S/C14H27N/c1-3-6-15-10-11(2)7-14-9-12-4-5-13(14)8-12/h11-15H,3-10H2,1-2H3. The molecule has 0 saturated heterocycles. The average molecular weight is 209 g/mol. The maximum absolute atomic E-state index is 3.55. The summed E-state index contributed by atoms with van der Waals surface area (Å²) in [5.74, 6) is 4.21. The quantitative estimate of drug-likeness (QED) is 0.661. The minimum Gasteiger partial charge on any atom is -0.316 e. The Kier molecular flexibility index (Phi) is 4.07. The summed E-state index contributed by atoms with van der Waals surface area (Å²) in [5.41, 5.74) is 0. The highest BCUT2D eigenvalue weighted by molar-refractivity contribution is 4.90. The molecule has 2 saturated carbocycles. The van der Waals surface area contributed by atoms with Crippen LogP contribution < -0.4 is 5.32 Å². The molecule has 1 N–H and O–H groups in total. The predicted molar refractivity (Wildman–Crippen MR) is 65.9 cm³/mol. The van der Waals surface area contributed by atoms with Crippen LogP contribution in [-0.2, 0) is 0 Å². The van der Waals surface area contributed by atoms with Crippen LogP contribution in [0.2, 0.25) is 0 Å². The monoisotopic (exact) mass is 209 g/mol. The van der Waals surface area contributed by atoms with Gasteiger partial charge >= 0.3 is 0 Å². The SMILES string of the molecule is CCCNCC(C)CC1CC2CCC1C2. The van der Waals surface area contributed by atoms with Crippen LogP contribution in [0.3, 0.4) is 0 Å². The van der Waals surface area contributed by atoms with E-state index in [9.17, 15) is 0 Å². The molecule has 0 aromatic heterocycles. The highest BCUT2D eigenvalue weighted by Crippen LogP contribution is 2.50. The zero-order valence-corrected chi connectivity index (χ0v) is 10.5. The number of nitrogens with one attached hydrogen (secondary N) is 1. The van der Waals surface area contributed by atoms with Crippen molar-refractivity contribution >= 4 is 0 Å². The predicted octanol–water partition coefficient (Wildman–Crippen LogP) is 3.45. The average Bonchev–Trinajstić information content (AvgIpc) is 2.79. The highest BCUT2D eigenvalue weighted by atomic mass is 14.8. The lowest BCUT2D eigenvalue weighted by atomic mass is 9.82. The van der Waals surface area contributed by atoms with Crippen molar-refractivity contribution in [3.63, 3.8) is 0 Å². The Bertz CT molecular complexity index is 190. The maximum Gasteiger partial charge on any atom is -0.00231 e. The number of rotatable bonds is 6. The van der Waals surface area contributed by atoms with E-state index in [2.05, 4.69) is 19.2 Å². The van der Waals surface area contributed by atoms with Crippen LogP contribution >= 0.6 is 0 Å². The summed E-state index contributed by atoms with van der Waals surface area (Å²) in [6.07, 6.45) is 8.97. The minimum absolute atomic E-state index is 0.890. The fourth-order valence-electron chi connectivity index (χ4n) is 3.79. The van der Waals surface area contributed by atoms with Gasteiger partial charge in [0.05, 0.1) is 0 Å². The molecule has 2 aliphatic rings. The van der Waals surface area contributed by atoms with Crippen molar-refractivity contribution < 1.29 is 0 Å². The van der Waals surface area contributed by atoms with Crippen molar-refractivity contribution in [1.82, 2.24) is 5.32 Å². The normalized spacial score (nSPS) is 36.0. The number of fused-ring (bicyclic) bond motifs is 2. The molecule has 15 heavy (non-hydrogen) atoms. The van der Waals surface area contributed by atoms with Gasteiger partial charge in [-0.05, 0) is 68.9 Å². The van der Waals surface area contributed by atoms with Crippen LogP contribution in [0.25, 0.3) is 0 Å². The van der Waals surface area contributed by atoms with E-state index in [1.807, 2.05) is 0 Å². The first-order valence-electron chi connectivity index (χ1n) is 7.00. The second-order valence-corrected chi connectivity index (χ2v) is 5.98. The lowest BCUT2D eigenvalue weighted by molar-refractivity contribution is 0.271. The molecule has 2 fully saturated rings. The Morgan fingerprint density at radius 3 is 2.73 bits per heavy atom. The van der Waals surface area contributed by atoms with Crippen molar-refractivity contribution in [3.05, 3.63) is 0 Å². The Hall–Kier alpha value is -0.0400. The molecule has 0 aromatic rings. The van der Waals surface area contributed by atoms with Gasteiger partial charge < -0.3 is 5.32 Å². The zero-order valence-electron chi connectivity index (χ0n) is 10.5. The number of hydrogen-bond donors (Lipinski definition) is 1. The van der Waals surface area contributed by atoms with E-state index in [1.165, 1.54) is 25.9 Å². The van der Waals surface area contributed by atoms with Crippen molar-refractivity contribution in [1.29, 1.82) is 0 Å². The van der Waals surface area contributed by atoms with Crippen LogP contribution in [0.1, 0.15) is 52.4 Å². The van der Waals surface area contributed by atoms with Crippen molar-refractivity contribution in [3.8, 4) is 0 Å². The van der Waals surface area contributed by atoms with Gasteiger partial charge in [-0.15, -0.1) is 0 Å². The molecule has 88 valence electrons. The third kappa shape index (κ3) is 2.96. The highest BCUT2D eigenvalue weighted by Gasteiger charge is 2.39. The fourth-order valence-corrected chi connectivity index (χ4v) is 3.79. The Morgan fingerprint density at radius 1 is 1.27 bits per heavy atom. The van der Waals surface area contributed by atoms with E-state index in [0.717, 1.165) is 23.7 Å².